The Morgan fingerprint density at radius 1 is 1.25 bits per heavy atom. The molecule has 0 aliphatic carbocycles. The van der Waals surface area contributed by atoms with Gasteiger partial charge in [0.2, 0.25) is 0 Å². The van der Waals surface area contributed by atoms with Crippen LogP contribution in [-0.2, 0) is 0 Å². The zero-order valence-corrected chi connectivity index (χ0v) is 17.6. The number of hydrogen-bond acceptors (Lipinski definition) is 6. The standard InChI is InChI=1S/C21H15ClN4S2/c1-3-27-20-16(11-24)9-18(13(2)25-20)19-12-28-21(26-19)15(10-23)8-14-4-6-17(22)7-5-14/h4-9,12H,3H2,1-2H3/b15-8-. The number of halogens is 1. The van der Waals surface area contributed by atoms with Crippen molar-refractivity contribution >= 4 is 46.3 Å². The van der Waals surface area contributed by atoms with Crippen LogP contribution < -0.4 is 0 Å². The van der Waals surface area contributed by atoms with Gasteiger partial charge >= 0.3 is 0 Å². The molecule has 138 valence electrons. The van der Waals surface area contributed by atoms with Crippen LogP contribution in [0.5, 0.6) is 0 Å². The third kappa shape index (κ3) is 4.43. The quantitative estimate of drug-likeness (QED) is 0.360. The third-order valence-corrected chi connectivity index (χ3v) is 5.89. The van der Waals surface area contributed by atoms with Crippen LogP contribution in [0.25, 0.3) is 22.9 Å². The second-order valence-corrected chi connectivity index (χ2v) is 8.33. The summed E-state index contributed by atoms with van der Waals surface area (Å²) >= 11 is 8.85. The maximum atomic E-state index is 9.57. The number of hydrogen-bond donors (Lipinski definition) is 0. The molecule has 0 unspecified atom stereocenters. The predicted molar refractivity (Wildman–Crippen MR) is 116 cm³/mol. The summed E-state index contributed by atoms with van der Waals surface area (Å²) in [7, 11) is 0. The van der Waals surface area contributed by atoms with Crippen LogP contribution in [0.15, 0.2) is 40.7 Å². The van der Waals surface area contributed by atoms with Crippen LogP contribution in [-0.4, -0.2) is 15.7 Å². The van der Waals surface area contributed by atoms with Crippen molar-refractivity contribution in [3.8, 4) is 23.4 Å². The van der Waals surface area contributed by atoms with Crippen LogP contribution in [0.2, 0.25) is 5.02 Å². The van der Waals surface area contributed by atoms with Crippen molar-refractivity contribution in [2.75, 3.05) is 5.75 Å². The number of thioether (sulfide) groups is 1. The van der Waals surface area contributed by atoms with Gasteiger partial charge in [0.05, 0.1) is 16.8 Å². The van der Waals surface area contributed by atoms with Crippen LogP contribution in [0.4, 0.5) is 0 Å². The fourth-order valence-corrected chi connectivity index (χ4v) is 4.20. The normalized spacial score (nSPS) is 11.1. The van der Waals surface area contributed by atoms with Crippen LogP contribution >= 0.6 is 34.7 Å². The van der Waals surface area contributed by atoms with E-state index in [1.54, 1.807) is 30.0 Å². The van der Waals surface area contributed by atoms with Crippen LogP contribution in [0.3, 0.4) is 0 Å². The Labute approximate surface area is 177 Å². The minimum absolute atomic E-state index is 0.475. The van der Waals surface area contributed by atoms with Crippen molar-refractivity contribution in [2.24, 2.45) is 0 Å². The molecule has 4 nitrogen and oxygen atoms in total. The van der Waals surface area contributed by atoms with Gasteiger partial charge in [-0.25, -0.2) is 9.97 Å². The molecule has 0 amide bonds. The van der Waals surface area contributed by atoms with E-state index in [4.69, 9.17) is 11.6 Å². The highest BCUT2D eigenvalue weighted by Crippen LogP contribution is 2.31. The van der Waals surface area contributed by atoms with Crippen molar-refractivity contribution in [1.29, 1.82) is 10.5 Å². The van der Waals surface area contributed by atoms with E-state index in [0.29, 0.717) is 26.9 Å². The summed E-state index contributed by atoms with van der Waals surface area (Å²) < 4.78 is 0. The number of nitrogens with zero attached hydrogens (tertiary/aromatic N) is 4. The summed E-state index contributed by atoms with van der Waals surface area (Å²) in [5.74, 6) is 0.850. The molecule has 3 rings (SSSR count). The molecule has 0 aliphatic rings. The molecule has 1 aromatic carbocycles. The monoisotopic (exact) mass is 422 g/mol. The first kappa shape index (κ1) is 20.1. The zero-order valence-electron chi connectivity index (χ0n) is 15.2. The summed E-state index contributed by atoms with van der Waals surface area (Å²) in [6.45, 7) is 3.93. The highest BCUT2D eigenvalue weighted by Gasteiger charge is 2.15. The molecule has 3 aromatic rings. The molecule has 0 aliphatic heterocycles. The smallest absolute Gasteiger partial charge is 0.134 e. The van der Waals surface area contributed by atoms with Gasteiger partial charge in [-0.2, -0.15) is 10.5 Å². The van der Waals surface area contributed by atoms with Crippen molar-refractivity contribution in [2.45, 2.75) is 18.9 Å². The SMILES string of the molecule is CCSc1nc(C)c(-c2csc(/C(C#N)=C\c3ccc(Cl)cc3)n2)cc1C#N. The molecule has 0 radical (unpaired) electrons. The molecule has 0 atom stereocenters. The summed E-state index contributed by atoms with van der Waals surface area (Å²) in [6.07, 6.45) is 1.78. The van der Waals surface area contributed by atoms with E-state index < -0.39 is 0 Å². The fraction of sp³-hybridized carbons (Fsp3) is 0.143. The first-order valence-corrected chi connectivity index (χ1v) is 10.7. The van der Waals surface area contributed by atoms with Gasteiger partial charge in [-0.15, -0.1) is 23.1 Å². The van der Waals surface area contributed by atoms with Gasteiger partial charge in [-0.05, 0) is 42.5 Å². The van der Waals surface area contributed by atoms with Gasteiger partial charge in [0.25, 0.3) is 0 Å². The van der Waals surface area contributed by atoms with E-state index >= 15 is 0 Å². The predicted octanol–water partition coefficient (Wildman–Crippen LogP) is 6.21. The number of pyridine rings is 1. The van der Waals surface area contributed by atoms with Crippen LogP contribution in [0.1, 0.15) is 28.8 Å². The molecule has 0 N–H and O–H groups in total. The number of aromatic nitrogens is 2. The number of allylic oxidation sites excluding steroid dienone is 1. The third-order valence-electron chi connectivity index (χ3n) is 3.89. The van der Waals surface area contributed by atoms with Gasteiger partial charge in [0.1, 0.15) is 22.2 Å². The molecular formula is C21H15ClN4S2. The van der Waals surface area contributed by atoms with E-state index in [2.05, 4.69) is 22.1 Å². The minimum atomic E-state index is 0.475. The molecule has 0 bridgehead atoms. The number of nitriles is 2. The molecule has 2 heterocycles. The Kier molecular flexibility index (Phi) is 6.49. The lowest BCUT2D eigenvalue weighted by Gasteiger charge is -2.07. The Morgan fingerprint density at radius 2 is 2.00 bits per heavy atom. The Bertz CT molecular complexity index is 1120. The number of benzene rings is 1. The van der Waals surface area contributed by atoms with E-state index in [1.165, 1.54) is 11.3 Å². The summed E-state index contributed by atoms with van der Waals surface area (Å²) in [5, 5.41) is 22.9. The number of thiazole rings is 1. The van der Waals surface area contributed by atoms with Crippen molar-refractivity contribution in [3.63, 3.8) is 0 Å². The highest BCUT2D eigenvalue weighted by molar-refractivity contribution is 7.99. The number of aryl methyl sites for hydroxylation is 1. The van der Waals surface area contributed by atoms with Crippen molar-refractivity contribution < 1.29 is 0 Å². The summed E-state index contributed by atoms with van der Waals surface area (Å²) in [6, 6.07) is 13.5. The topological polar surface area (TPSA) is 73.4 Å². The largest absolute Gasteiger partial charge is 0.245 e. The van der Waals surface area contributed by atoms with Gasteiger partial charge in [-0.1, -0.05) is 30.7 Å². The van der Waals surface area contributed by atoms with E-state index in [0.717, 1.165) is 27.6 Å². The second kappa shape index (κ2) is 9.03. The maximum absolute atomic E-state index is 9.57. The van der Waals surface area contributed by atoms with Gasteiger partial charge < -0.3 is 0 Å². The zero-order chi connectivity index (χ0) is 20.1. The first-order valence-electron chi connectivity index (χ1n) is 8.44. The van der Waals surface area contributed by atoms with Crippen molar-refractivity contribution in [3.05, 3.63) is 62.6 Å². The molecule has 0 saturated carbocycles. The van der Waals surface area contributed by atoms with Gasteiger partial charge in [0.15, 0.2) is 0 Å². The van der Waals surface area contributed by atoms with Crippen LogP contribution in [0, 0.1) is 29.6 Å². The van der Waals surface area contributed by atoms with E-state index in [9.17, 15) is 10.5 Å². The molecule has 28 heavy (non-hydrogen) atoms. The van der Waals surface area contributed by atoms with Gasteiger partial charge in [0, 0.05) is 21.7 Å². The highest BCUT2D eigenvalue weighted by atomic mass is 35.5. The molecule has 0 saturated heterocycles. The molecule has 0 spiro atoms. The van der Waals surface area contributed by atoms with Crippen molar-refractivity contribution in [1.82, 2.24) is 9.97 Å². The summed E-state index contributed by atoms with van der Waals surface area (Å²) in [5.41, 5.74) is 4.23. The average molecular weight is 423 g/mol. The van der Waals surface area contributed by atoms with E-state index in [1.807, 2.05) is 37.4 Å². The Morgan fingerprint density at radius 3 is 2.64 bits per heavy atom. The fourth-order valence-electron chi connectivity index (χ4n) is 2.56. The number of rotatable bonds is 5. The lowest BCUT2D eigenvalue weighted by Crippen LogP contribution is -1.95. The second-order valence-electron chi connectivity index (χ2n) is 5.78. The summed E-state index contributed by atoms with van der Waals surface area (Å²) in [4.78, 5) is 9.20. The Hall–Kier alpha value is -2.64. The average Bonchev–Trinajstić information content (AvgIpc) is 3.17. The lowest BCUT2D eigenvalue weighted by molar-refractivity contribution is 1.05. The lowest BCUT2D eigenvalue weighted by atomic mass is 10.1. The Balaban J connectivity index is 1.99. The minimum Gasteiger partial charge on any atom is -0.245 e. The molecule has 2 aromatic heterocycles. The first-order chi connectivity index (χ1) is 13.5. The molecular weight excluding hydrogens is 408 g/mol. The van der Waals surface area contributed by atoms with E-state index in [-0.39, 0.29) is 0 Å². The van der Waals surface area contributed by atoms with Gasteiger partial charge in [-0.3, -0.25) is 0 Å². The molecule has 0 fully saturated rings. The maximum Gasteiger partial charge on any atom is 0.134 e. The molecule has 7 heteroatoms.